The lowest BCUT2D eigenvalue weighted by atomic mass is 9.86. The van der Waals surface area contributed by atoms with E-state index in [1.54, 1.807) is 18.7 Å². The minimum atomic E-state index is -0.892. The van der Waals surface area contributed by atoms with Crippen molar-refractivity contribution in [2.75, 3.05) is 6.54 Å². The third-order valence-corrected chi connectivity index (χ3v) is 4.09. The molecule has 0 N–H and O–H groups in total. The molecule has 2 aliphatic rings. The second-order valence-electron chi connectivity index (χ2n) is 5.96. The van der Waals surface area contributed by atoms with Gasteiger partial charge in [-0.25, -0.2) is 0 Å². The number of hydrogen-bond acceptors (Lipinski definition) is 3. The number of Topliss-reactive ketones (excluding diaryl/α,β-unsaturated/α-hetero) is 1. The summed E-state index contributed by atoms with van der Waals surface area (Å²) in [4.78, 5) is 26.7. The van der Waals surface area contributed by atoms with E-state index in [0.29, 0.717) is 18.7 Å². The summed E-state index contributed by atoms with van der Waals surface area (Å²) < 4.78 is 5.80. The number of amides is 1. The van der Waals surface area contributed by atoms with Crippen LogP contribution in [0.2, 0.25) is 0 Å². The van der Waals surface area contributed by atoms with Gasteiger partial charge in [0.25, 0.3) is 0 Å². The van der Waals surface area contributed by atoms with Gasteiger partial charge in [0.05, 0.1) is 0 Å². The number of carbonyl (C=O) groups is 2. The van der Waals surface area contributed by atoms with Gasteiger partial charge < -0.3 is 9.64 Å². The van der Waals surface area contributed by atoms with E-state index in [1.807, 2.05) is 24.3 Å². The first-order chi connectivity index (χ1) is 9.50. The largest absolute Gasteiger partial charge is 0.480 e. The maximum Gasteiger partial charge on any atom is 0.223 e. The van der Waals surface area contributed by atoms with E-state index in [2.05, 4.69) is 0 Å². The second-order valence-corrected chi connectivity index (χ2v) is 5.96. The first-order valence-corrected chi connectivity index (χ1v) is 7.12. The van der Waals surface area contributed by atoms with Crippen molar-refractivity contribution in [2.24, 2.45) is 0 Å². The van der Waals surface area contributed by atoms with E-state index in [4.69, 9.17) is 4.74 Å². The van der Waals surface area contributed by atoms with Crippen molar-refractivity contribution < 1.29 is 14.3 Å². The van der Waals surface area contributed by atoms with Crippen molar-refractivity contribution in [3.05, 3.63) is 29.8 Å². The lowest BCUT2D eigenvalue weighted by molar-refractivity contribution is -0.150. The van der Waals surface area contributed by atoms with Gasteiger partial charge in [-0.1, -0.05) is 18.2 Å². The van der Waals surface area contributed by atoms with Gasteiger partial charge in [0.1, 0.15) is 11.8 Å². The fraction of sp³-hybridized carbons (Fsp3) is 0.500. The third-order valence-electron chi connectivity index (χ3n) is 4.09. The summed E-state index contributed by atoms with van der Waals surface area (Å²) in [7, 11) is 0. The van der Waals surface area contributed by atoms with Crippen LogP contribution in [0, 0.1) is 0 Å². The first-order valence-electron chi connectivity index (χ1n) is 7.12. The zero-order valence-corrected chi connectivity index (χ0v) is 11.9. The fourth-order valence-corrected chi connectivity index (χ4v) is 3.00. The van der Waals surface area contributed by atoms with E-state index in [1.165, 1.54) is 0 Å². The molecular weight excluding hydrogens is 254 g/mol. The number of likely N-dealkylation sites (tertiary alicyclic amines) is 1. The molecule has 0 aromatic heterocycles. The summed E-state index contributed by atoms with van der Waals surface area (Å²) in [6, 6.07) is 7.03. The molecule has 3 rings (SSSR count). The molecule has 4 nitrogen and oxygen atoms in total. The predicted molar refractivity (Wildman–Crippen MR) is 74.5 cm³/mol. The molecule has 1 aromatic carbocycles. The Hall–Kier alpha value is -1.84. The molecule has 2 heterocycles. The number of ketones is 1. The third kappa shape index (κ3) is 1.99. The van der Waals surface area contributed by atoms with Crippen LogP contribution in [0.5, 0.6) is 5.75 Å². The number of fused-ring (bicyclic) bond motifs is 1. The highest BCUT2D eigenvalue weighted by Gasteiger charge is 2.46. The van der Waals surface area contributed by atoms with Gasteiger partial charge >= 0.3 is 0 Å². The number of nitrogens with zero attached hydrogens (tertiary/aromatic N) is 1. The molecule has 106 valence electrons. The molecule has 0 saturated carbocycles. The molecule has 1 fully saturated rings. The number of para-hydroxylation sites is 1. The smallest absolute Gasteiger partial charge is 0.223 e. The molecule has 20 heavy (non-hydrogen) atoms. The summed E-state index contributed by atoms with van der Waals surface area (Å²) >= 11 is 0. The normalized spacial score (nSPS) is 25.1. The topological polar surface area (TPSA) is 46.6 Å². The fourth-order valence-electron chi connectivity index (χ4n) is 3.00. The standard InChI is InChI=1S/C16H19NO3/c1-16(2)15(19)14(17-10-6-5-9-13(17)18)11-7-3-4-8-12(11)20-16/h3-4,7-8,14H,5-6,9-10H2,1-2H3. The van der Waals surface area contributed by atoms with Crippen molar-refractivity contribution in [3.8, 4) is 5.75 Å². The van der Waals surface area contributed by atoms with E-state index < -0.39 is 11.6 Å². The molecule has 0 aliphatic carbocycles. The molecule has 0 radical (unpaired) electrons. The lowest BCUT2D eigenvalue weighted by Gasteiger charge is -2.42. The van der Waals surface area contributed by atoms with Gasteiger partial charge in [0.15, 0.2) is 5.60 Å². The minimum absolute atomic E-state index is 0.0357. The summed E-state index contributed by atoms with van der Waals surface area (Å²) in [5, 5.41) is 0. The summed E-state index contributed by atoms with van der Waals surface area (Å²) in [5.74, 6) is 0.744. The van der Waals surface area contributed by atoms with E-state index >= 15 is 0 Å². The number of rotatable bonds is 1. The highest BCUT2D eigenvalue weighted by atomic mass is 16.5. The number of piperidine rings is 1. The predicted octanol–water partition coefficient (Wildman–Crippen LogP) is 2.48. The van der Waals surface area contributed by atoms with Crippen molar-refractivity contribution in [1.82, 2.24) is 4.90 Å². The quantitative estimate of drug-likeness (QED) is 0.789. The van der Waals surface area contributed by atoms with E-state index in [9.17, 15) is 9.59 Å². The average Bonchev–Trinajstić information content (AvgIpc) is 2.41. The molecule has 1 amide bonds. The molecular formula is C16H19NO3. The molecule has 1 aromatic rings. The Balaban J connectivity index is 2.07. The Labute approximate surface area is 118 Å². The average molecular weight is 273 g/mol. The molecule has 0 spiro atoms. The molecule has 1 unspecified atom stereocenters. The molecule has 1 saturated heterocycles. The van der Waals surface area contributed by atoms with Crippen LogP contribution in [-0.2, 0) is 9.59 Å². The van der Waals surface area contributed by atoms with Crippen LogP contribution in [0.15, 0.2) is 24.3 Å². The number of hydrogen-bond donors (Lipinski definition) is 0. The van der Waals surface area contributed by atoms with Crippen LogP contribution in [0.25, 0.3) is 0 Å². The Kier molecular flexibility index (Phi) is 3.04. The SMILES string of the molecule is CC1(C)Oc2ccccc2C(N2CCCCC2=O)C1=O. The maximum atomic E-state index is 12.7. The van der Waals surface area contributed by atoms with Crippen molar-refractivity contribution in [3.63, 3.8) is 0 Å². The van der Waals surface area contributed by atoms with Crippen LogP contribution in [0.1, 0.15) is 44.7 Å². The highest BCUT2D eigenvalue weighted by Crippen LogP contribution is 2.41. The Morgan fingerprint density at radius 3 is 2.70 bits per heavy atom. The molecule has 2 aliphatic heterocycles. The van der Waals surface area contributed by atoms with E-state index in [-0.39, 0.29) is 11.7 Å². The zero-order chi connectivity index (χ0) is 14.3. The Bertz CT molecular complexity index is 565. The summed E-state index contributed by atoms with van der Waals surface area (Å²) in [6.07, 6.45) is 2.41. The maximum absolute atomic E-state index is 12.7. The Morgan fingerprint density at radius 2 is 1.95 bits per heavy atom. The van der Waals surface area contributed by atoms with Gasteiger partial charge in [0.2, 0.25) is 11.7 Å². The monoisotopic (exact) mass is 273 g/mol. The lowest BCUT2D eigenvalue weighted by Crippen LogP contribution is -2.52. The first kappa shape index (κ1) is 13.2. The van der Waals surface area contributed by atoms with Gasteiger partial charge in [-0.15, -0.1) is 0 Å². The van der Waals surface area contributed by atoms with Gasteiger partial charge in [0, 0.05) is 18.5 Å². The van der Waals surface area contributed by atoms with Crippen LogP contribution < -0.4 is 4.74 Å². The van der Waals surface area contributed by atoms with Crippen molar-refractivity contribution >= 4 is 11.7 Å². The summed E-state index contributed by atoms with van der Waals surface area (Å²) in [6.45, 7) is 4.19. The molecule has 1 atom stereocenters. The van der Waals surface area contributed by atoms with Crippen LogP contribution in [0.3, 0.4) is 0 Å². The van der Waals surface area contributed by atoms with Crippen LogP contribution in [-0.4, -0.2) is 28.7 Å². The van der Waals surface area contributed by atoms with Gasteiger partial charge in [-0.2, -0.15) is 0 Å². The molecule has 0 bridgehead atoms. The van der Waals surface area contributed by atoms with Crippen molar-refractivity contribution in [2.45, 2.75) is 44.8 Å². The summed E-state index contributed by atoms with van der Waals surface area (Å²) in [5.41, 5.74) is -0.0800. The van der Waals surface area contributed by atoms with Gasteiger partial charge in [-0.05, 0) is 32.8 Å². The highest BCUT2D eigenvalue weighted by molar-refractivity contribution is 5.97. The number of benzene rings is 1. The number of ether oxygens (including phenoxy) is 1. The zero-order valence-electron chi connectivity index (χ0n) is 11.9. The van der Waals surface area contributed by atoms with Crippen molar-refractivity contribution in [1.29, 1.82) is 0 Å². The second kappa shape index (κ2) is 4.62. The Morgan fingerprint density at radius 1 is 1.20 bits per heavy atom. The minimum Gasteiger partial charge on any atom is -0.480 e. The van der Waals surface area contributed by atoms with Crippen LogP contribution in [0.4, 0.5) is 0 Å². The molecule has 4 heteroatoms. The van der Waals surface area contributed by atoms with Gasteiger partial charge in [-0.3, -0.25) is 9.59 Å². The number of carbonyl (C=O) groups excluding carboxylic acids is 2. The van der Waals surface area contributed by atoms with Crippen LogP contribution >= 0.6 is 0 Å². The van der Waals surface area contributed by atoms with E-state index in [0.717, 1.165) is 18.4 Å².